The van der Waals surface area contributed by atoms with Crippen LogP contribution in [0.25, 0.3) is 16.6 Å². The summed E-state index contributed by atoms with van der Waals surface area (Å²) in [6.07, 6.45) is 11.2. The summed E-state index contributed by atoms with van der Waals surface area (Å²) in [6.45, 7) is 1.89. The number of nitrogens with zero attached hydrogens (tertiary/aromatic N) is 1. The lowest BCUT2D eigenvalue weighted by Crippen LogP contribution is -2.22. The monoisotopic (exact) mass is 254 g/mol. The highest BCUT2D eigenvalue weighted by Crippen LogP contribution is 2.44. The van der Waals surface area contributed by atoms with E-state index in [9.17, 15) is 0 Å². The highest BCUT2D eigenvalue weighted by Gasteiger charge is 2.36. The Morgan fingerprint density at radius 2 is 2.32 bits per heavy atom. The second-order valence-corrected chi connectivity index (χ2v) is 5.84. The van der Waals surface area contributed by atoms with Gasteiger partial charge in [-0.2, -0.15) is 0 Å². The number of aromatic amines is 1. The number of allylic oxidation sites excluding steroid dienone is 2. The first kappa shape index (κ1) is 11.2. The molecular formula is C16H18N2O. The quantitative estimate of drug-likeness (QED) is 0.845. The van der Waals surface area contributed by atoms with Crippen molar-refractivity contribution in [3.05, 3.63) is 36.2 Å². The highest BCUT2D eigenvalue weighted by molar-refractivity contribution is 5.89. The van der Waals surface area contributed by atoms with Gasteiger partial charge in [0, 0.05) is 24.6 Å². The molecule has 3 heterocycles. The molecule has 3 nitrogen and oxygen atoms in total. The number of nitrogens with one attached hydrogen (secondary N) is 1. The van der Waals surface area contributed by atoms with Crippen molar-refractivity contribution in [1.82, 2.24) is 9.97 Å². The SMILES string of the molecule is C1=C(c2c[nH]c3cccnc23)CCC2(C1)CCOC2. The predicted molar refractivity (Wildman–Crippen MR) is 75.8 cm³/mol. The van der Waals surface area contributed by atoms with E-state index in [0.717, 1.165) is 37.1 Å². The molecule has 0 amide bonds. The first-order chi connectivity index (χ1) is 9.36. The van der Waals surface area contributed by atoms with Crippen LogP contribution in [0.4, 0.5) is 0 Å². The van der Waals surface area contributed by atoms with Crippen molar-refractivity contribution in [2.45, 2.75) is 25.7 Å². The minimum atomic E-state index is 0.434. The summed E-state index contributed by atoms with van der Waals surface area (Å²) in [5.41, 5.74) is 5.39. The number of pyridine rings is 1. The van der Waals surface area contributed by atoms with Crippen molar-refractivity contribution in [3.8, 4) is 0 Å². The molecule has 1 atom stereocenters. The zero-order valence-corrected chi connectivity index (χ0v) is 11.0. The summed E-state index contributed by atoms with van der Waals surface area (Å²) in [5.74, 6) is 0. The molecule has 4 rings (SSSR count). The Labute approximate surface area is 112 Å². The van der Waals surface area contributed by atoms with Gasteiger partial charge in [-0.25, -0.2) is 0 Å². The van der Waals surface area contributed by atoms with E-state index in [2.05, 4.69) is 28.3 Å². The summed E-state index contributed by atoms with van der Waals surface area (Å²) >= 11 is 0. The van der Waals surface area contributed by atoms with Gasteiger partial charge in [0.05, 0.1) is 17.6 Å². The van der Waals surface area contributed by atoms with Crippen LogP contribution in [0.2, 0.25) is 0 Å². The predicted octanol–water partition coefficient (Wildman–Crippen LogP) is 3.54. The molecule has 2 aromatic heterocycles. The molecule has 2 aliphatic rings. The minimum absolute atomic E-state index is 0.434. The van der Waals surface area contributed by atoms with Gasteiger partial charge in [0.15, 0.2) is 0 Å². The van der Waals surface area contributed by atoms with E-state index in [1.54, 1.807) is 0 Å². The van der Waals surface area contributed by atoms with Gasteiger partial charge in [-0.3, -0.25) is 4.98 Å². The van der Waals surface area contributed by atoms with Gasteiger partial charge in [0.2, 0.25) is 0 Å². The van der Waals surface area contributed by atoms with Gasteiger partial charge in [-0.05, 0) is 48.8 Å². The van der Waals surface area contributed by atoms with E-state index in [-0.39, 0.29) is 0 Å². The normalized spacial score (nSPS) is 27.1. The lowest BCUT2D eigenvalue weighted by atomic mass is 9.73. The second-order valence-electron chi connectivity index (χ2n) is 5.84. The van der Waals surface area contributed by atoms with E-state index >= 15 is 0 Å². The molecule has 0 saturated carbocycles. The Morgan fingerprint density at radius 1 is 1.32 bits per heavy atom. The third-order valence-electron chi connectivity index (χ3n) is 4.67. The van der Waals surface area contributed by atoms with E-state index in [4.69, 9.17) is 4.74 Å². The van der Waals surface area contributed by atoms with Crippen LogP contribution in [0, 0.1) is 5.41 Å². The number of hydrogen-bond acceptors (Lipinski definition) is 2. The van der Waals surface area contributed by atoms with E-state index in [1.807, 2.05) is 12.3 Å². The van der Waals surface area contributed by atoms with Crippen molar-refractivity contribution in [2.24, 2.45) is 5.41 Å². The average molecular weight is 254 g/mol. The summed E-state index contributed by atoms with van der Waals surface area (Å²) < 4.78 is 5.59. The number of rotatable bonds is 1. The van der Waals surface area contributed by atoms with Crippen LogP contribution >= 0.6 is 0 Å². The average Bonchev–Trinajstić information content (AvgIpc) is 3.08. The van der Waals surface area contributed by atoms with Crippen molar-refractivity contribution < 1.29 is 4.74 Å². The topological polar surface area (TPSA) is 37.9 Å². The maximum Gasteiger partial charge on any atom is 0.0953 e. The van der Waals surface area contributed by atoms with Crippen LogP contribution in [0.15, 0.2) is 30.6 Å². The van der Waals surface area contributed by atoms with Crippen LogP contribution in [0.5, 0.6) is 0 Å². The van der Waals surface area contributed by atoms with Crippen molar-refractivity contribution in [1.29, 1.82) is 0 Å². The molecule has 1 aliphatic heterocycles. The van der Waals surface area contributed by atoms with E-state index < -0.39 is 0 Å². The third kappa shape index (κ3) is 1.80. The molecular weight excluding hydrogens is 236 g/mol. The molecule has 0 aromatic carbocycles. The standard InChI is InChI=1S/C16H18N2O/c1-2-14-15(17-8-1)13(10-18-14)12-3-5-16(6-4-12)7-9-19-11-16/h1-3,8,10,18H,4-7,9,11H2. The molecule has 2 aromatic rings. The first-order valence-corrected chi connectivity index (χ1v) is 7.06. The van der Waals surface area contributed by atoms with Crippen LogP contribution in [-0.2, 0) is 4.74 Å². The number of fused-ring (bicyclic) bond motifs is 1. The highest BCUT2D eigenvalue weighted by atomic mass is 16.5. The van der Waals surface area contributed by atoms with Crippen LogP contribution in [-0.4, -0.2) is 23.2 Å². The van der Waals surface area contributed by atoms with Gasteiger partial charge in [0.1, 0.15) is 0 Å². The van der Waals surface area contributed by atoms with Crippen molar-refractivity contribution in [3.63, 3.8) is 0 Å². The Kier molecular flexibility index (Phi) is 2.49. The van der Waals surface area contributed by atoms with E-state index in [1.165, 1.54) is 24.0 Å². The maximum atomic E-state index is 5.59. The Hall–Kier alpha value is -1.61. The largest absolute Gasteiger partial charge is 0.381 e. The second kappa shape index (κ2) is 4.20. The molecule has 19 heavy (non-hydrogen) atoms. The van der Waals surface area contributed by atoms with Gasteiger partial charge in [-0.1, -0.05) is 6.08 Å². The molecule has 0 bridgehead atoms. The smallest absolute Gasteiger partial charge is 0.0953 e. The Balaban J connectivity index is 1.68. The zero-order valence-electron chi connectivity index (χ0n) is 11.0. The fourth-order valence-corrected chi connectivity index (χ4v) is 3.40. The summed E-state index contributed by atoms with van der Waals surface area (Å²) in [6, 6.07) is 4.06. The van der Waals surface area contributed by atoms with E-state index in [0.29, 0.717) is 5.41 Å². The maximum absolute atomic E-state index is 5.59. The molecule has 98 valence electrons. The van der Waals surface area contributed by atoms with Gasteiger partial charge >= 0.3 is 0 Å². The van der Waals surface area contributed by atoms with Crippen LogP contribution in [0.3, 0.4) is 0 Å². The van der Waals surface area contributed by atoms with Crippen LogP contribution < -0.4 is 0 Å². The zero-order chi connectivity index (χ0) is 12.7. The fourth-order valence-electron chi connectivity index (χ4n) is 3.40. The third-order valence-corrected chi connectivity index (χ3v) is 4.67. The number of ether oxygens (including phenoxy) is 1. The summed E-state index contributed by atoms with van der Waals surface area (Å²) in [4.78, 5) is 7.83. The number of hydrogen-bond donors (Lipinski definition) is 1. The molecule has 3 heteroatoms. The molecule has 1 unspecified atom stereocenters. The van der Waals surface area contributed by atoms with Gasteiger partial charge in [-0.15, -0.1) is 0 Å². The number of H-pyrrole nitrogens is 1. The number of aromatic nitrogens is 2. The van der Waals surface area contributed by atoms with Gasteiger partial charge in [0.25, 0.3) is 0 Å². The van der Waals surface area contributed by atoms with Crippen molar-refractivity contribution >= 4 is 16.6 Å². The fraction of sp³-hybridized carbons (Fsp3) is 0.438. The van der Waals surface area contributed by atoms with Gasteiger partial charge < -0.3 is 9.72 Å². The molecule has 0 radical (unpaired) electrons. The lowest BCUT2D eigenvalue weighted by Gasteiger charge is -2.30. The molecule has 1 aliphatic carbocycles. The molecule has 1 spiro atoms. The summed E-state index contributed by atoms with van der Waals surface area (Å²) in [5, 5.41) is 0. The van der Waals surface area contributed by atoms with Crippen molar-refractivity contribution in [2.75, 3.05) is 13.2 Å². The molecule has 1 N–H and O–H groups in total. The van der Waals surface area contributed by atoms with Crippen LogP contribution in [0.1, 0.15) is 31.2 Å². The molecule has 1 saturated heterocycles. The Bertz CT molecular complexity index is 635. The lowest BCUT2D eigenvalue weighted by molar-refractivity contribution is 0.146. The first-order valence-electron chi connectivity index (χ1n) is 7.06. The minimum Gasteiger partial charge on any atom is -0.381 e. The Morgan fingerprint density at radius 3 is 3.11 bits per heavy atom. The molecule has 1 fully saturated rings. The summed E-state index contributed by atoms with van der Waals surface area (Å²) in [7, 11) is 0.